The number of carbonyl (C=O) groups excluding carboxylic acids is 1. The molecule has 2 aromatic rings. The number of carbonyl (C=O) groups is 1. The molecular weight excluding hydrogens is 491 g/mol. The van der Waals surface area contributed by atoms with Crippen molar-refractivity contribution in [2.75, 3.05) is 7.11 Å². The first-order valence-electron chi connectivity index (χ1n) is 10.9. The average Bonchev–Trinajstić information content (AvgIpc) is 3.14. The Morgan fingerprint density at radius 2 is 1.66 bits per heavy atom. The fourth-order valence-electron chi connectivity index (χ4n) is 4.25. The predicted octanol–water partition coefficient (Wildman–Crippen LogP) is 5.36. The molecule has 1 saturated carbocycles. The first kappa shape index (κ1) is 24.9. The van der Waals surface area contributed by atoms with Gasteiger partial charge in [0.05, 0.1) is 7.11 Å². The van der Waals surface area contributed by atoms with Crippen molar-refractivity contribution in [3.63, 3.8) is 0 Å². The van der Waals surface area contributed by atoms with Crippen molar-refractivity contribution in [1.82, 2.24) is 10.2 Å². The van der Waals surface area contributed by atoms with Crippen LogP contribution in [0.25, 0.3) is 6.08 Å². The van der Waals surface area contributed by atoms with Crippen molar-refractivity contribution in [2.45, 2.75) is 44.8 Å². The van der Waals surface area contributed by atoms with E-state index >= 15 is 0 Å². The Labute approximate surface area is 203 Å². The highest BCUT2D eigenvalue weighted by molar-refractivity contribution is 7.80. The second kappa shape index (κ2) is 10.2. The van der Waals surface area contributed by atoms with E-state index in [4.69, 9.17) is 21.7 Å². The van der Waals surface area contributed by atoms with Gasteiger partial charge in [-0.05, 0) is 48.8 Å². The summed E-state index contributed by atoms with van der Waals surface area (Å²) in [6.45, 7) is -0.563. The molecule has 11 heteroatoms. The van der Waals surface area contributed by atoms with E-state index in [2.05, 4.69) is 5.32 Å². The average molecular weight is 513 g/mol. The van der Waals surface area contributed by atoms with Crippen LogP contribution in [0.2, 0.25) is 0 Å². The normalized spacial score (nSPS) is 17.8. The van der Waals surface area contributed by atoms with Gasteiger partial charge in [0, 0.05) is 11.6 Å². The molecule has 0 atom stereocenters. The molecule has 1 aliphatic carbocycles. The number of nitrogens with one attached hydrogen (secondary N) is 1. The third-order valence-electron chi connectivity index (χ3n) is 6.01. The maximum absolute atomic E-state index is 14.0. The maximum Gasteiger partial charge on any atom is 0.276 e. The van der Waals surface area contributed by atoms with Crippen molar-refractivity contribution in [3.05, 3.63) is 64.1 Å². The maximum atomic E-state index is 14.0. The van der Waals surface area contributed by atoms with Gasteiger partial charge >= 0.3 is 0 Å². The Bertz CT molecular complexity index is 1190. The van der Waals surface area contributed by atoms with Crippen LogP contribution in [0.5, 0.6) is 11.5 Å². The molecule has 1 amide bonds. The van der Waals surface area contributed by atoms with Gasteiger partial charge in [0.15, 0.2) is 10.9 Å². The van der Waals surface area contributed by atoms with Gasteiger partial charge in [0.2, 0.25) is 29.1 Å². The summed E-state index contributed by atoms with van der Waals surface area (Å²) in [6.07, 6.45) is 6.50. The van der Waals surface area contributed by atoms with E-state index in [1.165, 1.54) is 19.2 Å². The van der Waals surface area contributed by atoms with Crippen LogP contribution in [0.3, 0.4) is 0 Å². The van der Waals surface area contributed by atoms with Crippen LogP contribution in [-0.2, 0) is 11.4 Å². The number of amides is 1. The summed E-state index contributed by atoms with van der Waals surface area (Å²) in [5.74, 6) is -12.0. The number of thiocarbonyl (C=S) groups is 1. The summed E-state index contributed by atoms with van der Waals surface area (Å²) in [5, 5.41) is 3.26. The van der Waals surface area contributed by atoms with E-state index in [1.807, 2.05) is 0 Å². The Kier molecular flexibility index (Phi) is 7.25. The number of rotatable bonds is 6. The third-order valence-corrected chi connectivity index (χ3v) is 6.31. The summed E-state index contributed by atoms with van der Waals surface area (Å²) >= 11 is 5.36. The van der Waals surface area contributed by atoms with Gasteiger partial charge in [0.1, 0.15) is 18.1 Å². The second-order valence-corrected chi connectivity index (χ2v) is 8.60. The van der Waals surface area contributed by atoms with E-state index in [-0.39, 0.29) is 29.0 Å². The fourth-order valence-corrected chi connectivity index (χ4v) is 4.59. The van der Waals surface area contributed by atoms with Crippen LogP contribution in [0.15, 0.2) is 23.9 Å². The van der Waals surface area contributed by atoms with Crippen LogP contribution in [-0.4, -0.2) is 29.1 Å². The number of benzene rings is 2. The predicted molar refractivity (Wildman–Crippen MR) is 121 cm³/mol. The first-order chi connectivity index (χ1) is 16.7. The molecule has 0 radical (unpaired) electrons. The monoisotopic (exact) mass is 512 g/mol. The highest BCUT2D eigenvalue weighted by Crippen LogP contribution is 2.32. The minimum atomic E-state index is -2.27. The molecule has 1 N–H and O–H groups in total. The molecule has 0 aromatic heterocycles. The standard InChI is InChI=1S/C24H21F5N2O3S/c1-33-16-8-7-12(10-15-23(32)31(24(35)30-15)14-5-3-2-4-6-14)9-13(16)11-34-22-20(28)18(26)17(25)19(27)21(22)29/h7-10,14H,2-6,11H2,1H3,(H,30,35)/b15-10+. The van der Waals surface area contributed by atoms with Gasteiger partial charge in [0.25, 0.3) is 5.91 Å². The number of nitrogens with zero attached hydrogens (tertiary/aromatic N) is 1. The Balaban J connectivity index is 1.58. The molecule has 186 valence electrons. The van der Waals surface area contributed by atoms with Crippen molar-refractivity contribution >= 4 is 29.3 Å². The zero-order valence-corrected chi connectivity index (χ0v) is 19.4. The van der Waals surface area contributed by atoms with Gasteiger partial charge in [-0.25, -0.2) is 13.2 Å². The van der Waals surface area contributed by atoms with Crippen molar-refractivity contribution in [2.24, 2.45) is 0 Å². The van der Waals surface area contributed by atoms with Crippen LogP contribution in [0.1, 0.15) is 43.2 Å². The summed E-state index contributed by atoms with van der Waals surface area (Å²) < 4.78 is 78.3. The number of ether oxygens (including phenoxy) is 2. The molecule has 2 aromatic carbocycles. The number of methoxy groups -OCH3 is 1. The van der Waals surface area contributed by atoms with Crippen molar-refractivity contribution in [3.8, 4) is 11.5 Å². The lowest BCUT2D eigenvalue weighted by Crippen LogP contribution is -2.41. The highest BCUT2D eigenvalue weighted by atomic mass is 32.1. The molecule has 2 fully saturated rings. The van der Waals surface area contributed by atoms with Gasteiger partial charge in [-0.2, -0.15) is 8.78 Å². The molecule has 4 rings (SSSR count). The van der Waals surface area contributed by atoms with Gasteiger partial charge in [-0.1, -0.05) is 25.3 Å². The lowest BCUT2D eigenvalue weighted by Gasteiger charge is -2.29. The number of hydrogen-bond donors (Lipinski definition) is 1. The zero-order valence-electron chi connectivity index (χ0n) is 18.6. The highest BCUT2D eigenvalue weighted by Gasteiger charge is 2.36. The minimum absolute atomic E-state index is 0.0447. The summed E-state index contributed by atoms with van der Waals surface area (Å²) in [6, 6.07) is 4.72. The first-order valence-corrected chi connectivity index (χ1v) is 11.3. The number of halogens is 5. The Morgan fingerprint density at radius 3 is 2.29 bits per heavy atom. The minimum Gasteiger partial charge on any atom is -0.496 e. The molecular formula is C24H21F5N2O3S. The zero-order chi connectivity index (χ0) is 25.3. The molecule has 1 aliphatic heterocycles. The molecule has 0 unspecified atom stereocenters. The van der Waals surface area contributed by atoms with Crippen LogP contribution in [0, 0.1) is 29.1 Å². The number of hydrogen-bond acceptors (Lipinski definition) is 4. The molecule has 1 heterocycles. The molecule has 5 nitrogen and oxygen atoms in total. The van der Waals surface area contributed by atoms with Crippen LogP contribution < -0.4 is 14.8 Å². The molecule has 1 saturated heterocycles. The fraction of sp³-hybridized carbons (Fsp3) is 0.333. The molecule has 0 bridgehead atoms. The van der Waals surface area contributed by atoms with E-state index in [0.717, 1.165) is 32.1 Å². The second-order valence-electron chi connectivity index (χ2n) is 8.21. The van der Waals surface area contributed by atoms with Gasteiger partial charge in [-0.3, -0.25) is 9.69 Å². The van der Waals surface area contributed by atoms with Gasteiger partial charge in [-0.15, -0.1) is 0 Å². The van der Waals surface area contributed by atoms with Gasteiger partial charge < -0.3 is 14.8 Å². The van der Waals surface area contributed by atoms with Crippen LogP contribution >= 0.6 is 12.2 Å². The summed E-state index contributed by atoms with van der Waals surface area (Å²) in [4.78, 5) is 14.6. The van der Waals surface area contributed by atoms with E-state index in [9.17, 15) is 26.7 Å². The molecule has 0 spiro atoms. The summed E-state index contributed by atoms with van der Waals surface area (Å²) in [5.41, 5.74) is 1.02. The SMILES string of the molecule is COc1ccc(/C=C2/NC(=S)N(C3CCCCC3)C2=O)cc1COc1c(F)c(F)c(F)c(F)c1F. The van der Waals surface area contributed by atoms with Crippen molar-refractivity contribution < 1.29 is 36.2 Å². The topological polar surface area (TPSA) is 50.8 Å². The Morgan fingerprint density at radius 1 is 1.03 bits per heavy atom. The quantitative estimate of drug-likeness (QED) is 0.186. The lowest BCUT2D eigenvalue weighted by atomic mass is 9.94. The third kappa shape index (κ3) is 4.82. The van der Waals surface area contributed by atoms with Crippen LogP contribution in [0.4, 0.5) is 22.0 Å². The molecule has 2 aliphatic rings. The van der Waals surface area contributed by atoms with E-state index < -0.39 is 41.4 Å². The Hall–Kier alpha value is -3.21. The summed E-state index contributed by atoms with van der Waals surface area (Å²) in [7, 11) is 1.35. The largest absolute Gasteiger partial charge is 0.496 e. The van der Waals surface area contributed by atoms with Crippen molar-refractivity contribution in [1.29, 1.82) is 0 Å². The molecule has 35 heavy (non-hydrogen) atoms. The smallest absolute Gasteiger partial charge is 0.276 e. The lowest BCUT2D eigenvalue weighted by molar-refractivity contribution is -0.124. The van der Waals surface area contributed by atoms with E-state index in [1.54, 1.807) is 17.0 Å². The van der Waals surface area contributed by atoms with E-state index in [0.29, 0.717) is 10.7 Å².